The van der Waals surface area contributed by atoms with Gasteiger partial charge in [0.2, 0.25) is 0 Å². The van der Waals surface area contributed by atoms with Crippen LogP contribution in [0.25, 0.3) is 10.9 Å². The maximum Gasteiger partial charge on any atom is 0.338 e. The molecule has 0 N–H and O–H groups in total. The molecule has 1 aliphatic rings. The van der Waals surface area contributed by atoms with Gasteiger partial charge in [0, 0.05) is 16.0 Å². The van der Waals surface area contributed by atoms with Gasteiger partial charge in [-0.15, -0.1) is 0 Å². The highest BCUT2D eigenvalue weighted by Gasteiger charge is 2.40. The molecule has 0 aliphatic carbocycles. The minimum atomic E-state index is -0.702. The maximum absolute atomic E-state index is 13.3. The first-order valence-corrected chi connectivity index (χ1v) is 11.1. The lowest BCUT2D eigenvalue weighted by Crippen LogP contribution is -2.29. The third kappa shape index (κ3) is 3.96. The zero-order chi connectivity index (χ0) is 24.7. The highest BCUT2D eigenvalue weighted by atomic mass is 35.5. The number of hydrogen-bond donors (Lipinski definition) is 0. The fourth-order valence-electron chi connectivity index (χ4n) is 4.05. The topological polar surface area (TPSA) is 93.6 Å². The van der Waals surface area contributed by atoms with E-state index in [0.717, 1.165) is 4.90 Å². The van der Waals surface area contributed by atoms with Gasteiger partial charge in [-0.1, -0.05) is 29.8 Å². The van der Waals surface area contributed by atoms with Crippen molar-refractivity contribution in [3.8, 4) is 0 Å². The van der Waals surface area contributed by atoms with Crippen molar-refractivity contribution in [3.63, 3.8) is 0 Å². The molecule has 0 bridgehead atoms. The van der Waals surface area contributed by atoms with Crippen molar-refractivity contribution in [1.82, 2.24) is 4.98 Å². The number of ether oxygens (including phenoxy) is 1. The molecule has 0 saturated carbocycles. The van der Waals surface area contributed by atoms with E-state index in [0.29, 0.717) is 38.4 Å². The number of imide groups is 1. The summed E-state index contributed by atoms with van der Waals surface area (Å²) >= 11 is 5.82. The summed E-state index contributed by atoms with van der Waals surface area (Å²) in [6.07, 6.45) is 0. The van der Waals surface area contributed by atoms with Crippen LogP contribution in [0.3, 0.4) is 0 Å². The van der Waals surface area contributed by atoms with Crippen molar-refractivity contribution in [2.75, 3.05) is 11.5 Å². The first kappa shape index (κ1) is 22.4. The van der Waals surface area contributed by atoms with E-state index >= 15 is 0 Å². The van der Waals surface area contributed by atoms with E-state index in [1.807, 2.05) is 6.07 Å². The number of carbonyl (C=O) groups excluding carboxylic acids is 4. The number of hydrogen-bond acceptors (Lipinski definition) is 6. The second-order valence-electron chi connectivity index (χ2n) is 7.96. The number of amides is 2. The van der Waals surface area contributed by atoms with Crippen LogP contribution in [0.1, 0.15) is 47.1 Å². The Balaban J connectivity index is 1.34. The molecule has 2 heterocycles. The summed E-state index contributed by atoms with van der Waals surface area (Å²) in [6, 6.07) is 19.3. The summed E-state index contributed by atoms with van der Waals surface area (Å²) in [7, 11) is 0. The molecule has 0 radical (unpaired) electrons. The summed E-state index contributed by atoms with van der Waals surface area (Å²) in [5.74, 6) is -1.98. The molecule has 1 aliphatic heterocycles. The van der Waals surface area contributed by atoms with Gasteiger partial charge in [0.1, 0.15) is 0 Å². The van der Waals surface area contributed by atoms with Crippen molar-refractivity contribution in [2.45, 2.75) is 6.92 Å². The van der Waals surface area contributed by atoms with E-state index in [4.69, 9.17) is 16.3 Å². The number of rotatable bonds is 5. The van der Waals surface area contributed by atoms with Crippen LogP contribution >= 0.6 is 11.6 Å². The number of anilines is 1. The number of fused-ring (bicyclic) bond motifs is 3. The molecule has 172 valence electrons. The minimum Gasteiger partial charge on any atom is -0.454 e. The van der Waals surface area contributed by atoms with Crippen LogP contribution in [0.4, 0.5) is 5.69 Å². The van der Waals surface area contributed by atoms with Crippen LogP contribution < -0.4 is 4.90 Å². The third-order valence-corrected chi connectivity index (χ3v) is 6.02. The van der Waals surface area contributed by atoms with Crippen LogP contribution in [0.5, 0.6) is 0 Å². The Morgan fingerprint density at radius 3 is 2.20 bits per heavy atom. The Morgan fingerprint density at radius 1 is 0.857 bits per heavy atom. The number of carbonyl (C=O) groups is 4. The number of benzene rings is 3. The second-order valence-corrected chi connectivity index (χ2v) is 8.40. The average Bonchev–Trinajstić information content (AvgIpc) is 3.13. The molecule has 4 aromatic rings. The smallest absolute Gasteiger partial charge is 0.338 e. The van der Waals surface area contributed by atoms with Crippen molar-refractivity contribution >= 4 is 51.8 Å². The fraction of sp³-hybridized carbons (Fsp3) is 0.0741. The van der Waals surface area contributed by atoms with Gasteiger partial charge in [0.05, 0.1) is 33.6 Å². The molecule has 3 aromatic carbocycles. The monoisotopic (exact) mass is 484 g/mol. The van der Waals surface area contributed by atoms with Crippen LogP contribution in [-0.4, -0.2) is 35.2 Å². The second kappa shape index (κ2) is 8.77. The molecule has 7 nitrogen and oxygen atoms in total. The largest absolute Gasteiger partial charge is 0.454 e. The maximum atomic E-state index is 13.3. The van der Waals surface area contributed by atoms with E-state index < -0.39 is 24.4 Å². The van der Waals surface area contributed by atoms with Gasteiger partial charge in [-0.2, -0.15) is 0 Å². The van der Waals surface area contributed by atoms with Crippen molar-refractivity contribution in [1.29, 1.82) is 0 Å². The van der Waals surface area contributed by atoms with E-state index in [1.165, 1.54) is 24.3 Å². The van der Waals surface area contributed by atoms with Gasteiger partial charge >= 0.3 is 5.97 Å². The number of Topliss-reactive ketones (excluding diaryl/α,β-unsaturated/α-hetero) is 1. The van der Waals surface area contributed by atoms with Crippen LogP contribution in [0.15, 0.2) is 72.8 Å². The van der Waals surface area contributed by atoms with E-state index in [1.54, 1.807) is 49.4 Å². The SMILES string of the molecule is Cc1nc2ccccc2c2c1C(=O)N(c1ccc(C(=O)OCC(=O)c3ccc(Cl)cc3)cc1)C2=O. The van der Waals surface area contributed by atoms with Crippen molar-refractivity contribution in [2.24, 2.45) is 0 Å². The molecule has 5 rings (SSSR count). The number of nitrogens with zero attached hydrogens (tertiary/aromatic N) is 2. The number of aromatic nitrogens is 1. The lowest BCUT2D eigenvalue weighted by molar-refractivity contribution is 0.0474. The van der Waals surface area contributed by atoms with Crippen LogP contribution in [0, 0.1) is 6.92 Å². The minimum absolute atomic E-state index is 0.178. The predicted octanol–water partition coefficient (Wildman–Crippen LogP) is 5.04. The molecule has 0 saturated heterocycles. The van der Waals surface area contributed by atoms with Gasteiger partial charge in [-0.05, 0) is 61.5 Å². The Hall–Kier alpha value is -4.36. The Morgan fingerprint density at radius 2 is 1.49 bits per heavy atom. The number of esters is 1. The highest BCUT2D eigenvalue weighted by molar-refractivity contribution is 6.37. The normalized spacial score (nSPS) is 12.7. The number of halogens is 1. The molecule has 2 amide bonds. The zero-order valence-corrected chi connectivity index (χ0v) is 19.2. The van der Waals surface area contributed by atoms with Gasteiger partial charge in [-0.3, -0.25) is 19.4 Å². The van der Waals surface area contributed by atoms with Crippen LogP contribution in [0.2, 0.25) is 5.02 Å². The molecule has 0 unspecified atom stereocenters. The molecule has 0 fully saturated rings. The van der Waals surface area contributed by atoms with Crippen molar-refractivity contribution < 1.29 is 23.9 Å². The summed E-state index contributed by atoms with van der Waals surface area (Å²) in [5.41, 5.74) is 2.58. The highest BCUT2D eigenvalue weighted by Crippen LogP contribution is 2.34. The summed E-state index contributed by atoms with van der Waals surface area (Å²) < 4.78 is 5.12. The molecule has 0 spiro atoms. The molecular formula is C27H17ClN2O5. The number of aryl methyl sites for hydroxylation is 1. The lowest BCUT2D eigenvalue weighted by atomic mass is 10.0. The molecule has 35 heavy (non-hydrogen) atoms. The Labute approximate surface area is 204 Å². The fourth-order valence-corrected chi connectivity index (χ4v) is 4.17. The van der Waals surface area contributed by atoms with Gasteiger partial charge in [0.25, 0.3) is 11.8 Å². The average molecular weight is 485 g/mol. The first-order valence-electron chi connectivity index (χ1n) is 10.7. The molecule has 0 atom stereocenters. The number of ketones is 1. The lowest BCUT2D eigenvalue weighted by Gasteiger charge is -2.14. The predicted molar refractivity (Wildman–Crippen MR) is 130 cm³/mol. The number of para-hydroxylation sites is 1. The number of pyridine rings is 1. The Bertz CT molecular complexity index is 1530. The van der Waals surface area contributed by atoms with Gasteiger partial charge in [0.15, 0.2) is 12.4 Å². The standard InChI is InChI=1S/C27H17ClN2O5/c1-15-23-24(20-4-2-3-5-21(20)29-15)26(33)30(25(23)32)19-12-8-17(9-13-19)27(34)35-14-22(31)16-6-10-18(28)11-7-16/h2-13H,14H2,1H3. The molecular weight excluding hydrogens is 468 g/mol. The summed E-state index contributed by atoms with van der Waals surface area (Å²) in [6.45, 7) is 1.27. The summed E-state index contributed by atoms with van der Waals surface area (Å²) in [4.78, 5) is 56.6. The first-order chi connectivity index (χ1) is 16.8. The van der Waals surface area contributed by atoms with Crippen LogP contribution in [-0.2, 0) is 4.74 Å². The summed E-state index contributed by atoms with van der Waals surface area (Å²) in [5, 5.41) is 1.11. The zero-order valence-electron chi connectivity index (χ0n) is 18.4. The van der Waals surface area contributed by atoms with E-state index in [2.05, 4.69) is 4.98 Å². The third-order valence-electron chi connectivity index (χ3n) is 5.77. The molecule has 8 heteroatoms. The van der Waals surface area contributed by atoms with Gasteiger partial charge < -0.3 is 4.74 Å². The Kier molecular flexibility index (Phi) is 5.62. The van der Waals surface area contributed by atoms with Crippen molar-refractivity contribution in [3.05, 3.63) is 106 Å². The van der Waals surface area contributed by atoms with E-state index in [9.17, 15) is 19.2 Å². The van der Waals surface area contributed by atoms with E-state index in [-0.39, 0.29) is 16.9 Å². The molecule has 1 aromatic heterocycles. The quantitative estimate of drug-likeness (QED) is 0.224. The van der Waals surface area contributed by atoms with Gasteiger partial charge in [-0.25, -0.2) is 9.69 Å².